The van der Waals surface area contributed by atoms with Gasteiger partial charge in [0.05, 0.1) is 6.61 Å². The molecule has 0 saturated carbocycles. The lowest BCUT2D eigenvalue weighted by Crippen LogP contribution is -2.41. The van der Waals surface area contributed by atoms with Crippen LogP contribution in [-0.2, 0) is 14.3 Å². The smallest absolute Gasteiger partial charge is 0.328 e. The molecule has 0 bridgehead atoms. The number of carbonyl (C=O) groups excluding carboxylic acids is 2. The van der Waals surface area contributed by atoms with E-state index in [4.69, 9.17) is 16.3 Å². The van der Waals surface area contributed by atoms with Gasteiger partial charge < -0.3 is 9.64 Å². The van der Waals surface area contributed by atoms with E-state index in [1.165, 1.54) is 11.9 Å². The molecule has 0 fully saturated rings. The molecule has 1 atom stereocenters. The molecule has 0 aliphatic heterocycles. The number of likely N-dealkylation sites (N-methyl/N-ethyl adjacent to an activating group) is 1. The van der Waals surface area contributed by atoms with Gasteiger partial charge in [-0.1, -0.05) is 0 Å². The van der Waals surface area contributed by atoms with Crippen LogP contribution in [0.1, 0.15) is 13.8 Å². The van der Waals surface area contributed by atoms with Crippen LogP contribution < -0.4 is 0 Å². The molecular formula is C8H14ClNO3. The molecule has 0 aromatic heterocycles. The second-order valence-corrected chi connectivity index (χ2v) is 2.83. The van der Waals surface area contributed by atoms with Crippen LogP contribution in [0.25, 0.3) is 0 Å². The van der Waals surface area contributed by atoms with Gasteiger partial charge in [-0.05, 0) is 13.8 Å². The summed E-state index contributed by atoms with van der Waals surface area (Å²) >= 11 is 5.33. The number of amides is 1. The third-order valence-electron chi connectivity index (χ3n) is 1.72. The maximum atomic E-state index is 11.1. The van der Waals surface area contributed by atoms with Crippen molar-refractivity contribution in [2.75, 3.05) is 19.5 Å². The molecule has 0 unspecified atom stereocenters. The van der Waals surface area contributed by atoms with Crippen molar-refractivity contribution in [2.45, 2.75) is 19.9 Å². The van der Waals surface area contributed by atoms with Crippen molar-refractivity contribution in [3.63, 3.8) is 0 Å². The minimum atomic E-state index is -0.578. The molecular weight excluding hydrogens is 194 g/mol. The van der Waals surface area contributed by atoms with E-state index in [1.54, 1.807) is 13.8 Å². The number of esters is 1. The maximum Gasteiger partial charge on any atom is 0.328 e. The van der Waals surface area contributed by atoms with Gasteiger partial charge in [0, 0.05) is 7.05 Å². The Kier molecular flexibility index (Phi) is 5.46. The summed E-state index contributed by atoms with van der Waals surface area (Å²) in [6.07, 6.45) is 0. The first-order chi connectivity index (χ1) is 6.04. The predicted molar refractivity (Wildman–Crippen MR) is 49.6 cm³/mol. The summed E-state index contributed by atoms with van der Waals surface area (Å²) in [7, 11) is 1.52. The fraction of sp³-hybridized carbons (Fsp3) is 0.750. The van der Waals surface area contributed by atoms with Crippen LogP contribution in [0.2, 0.25) is 0 Å². The van der Waals surface area contributed by atoms with Gasteiger partial charge in [0.1, 0.15) is 11.9 Å². The van der Waals surface area contributed by atoms with Crippen LogP contribution >= 0.6 is 11.6 Å². The summed E-state index contributed by atoms with van der Waals surface area (Å²) in [6, 6.07) is -0.578. The van der Waals surface area contributed by atoms with E-state index < -0.39 is 12.0 Å². The Morgan fingerprint density at radius 1 is 1.54 bits per heavy atom. The summed E-state index contributed by atoms with van der Waals surface area (Å²) in [5.74, 6) is -0.828. The number of alkyl halides is 1. The van der Waals surface area contributed by atoms with Crippen LogP contribution in [0.15, 0.2) is 0 Å². The third kappa shape index (κ3) is 3.63. The lowest BCUT2D eigenvalue weighted by molar-refractivity contribution is -0.152. The van der Waals surface area contributed by atoms with Gasteiger partial charge >= 0.3 is 5.97 Å². The largest absolute Gasteiger partial charge is 0.464 e. The molecule has 0 aliphatic carbocycles. The number of halogens is 1. The lowest BCUT2D eigenvalue weighted by atomic mass is 10.3. The van der Waals surface area contributed by atoms with E-state index >= 15 is 0 Å². The molecule has 0 rings (SSSR count). The fourth-order valence-electron chi connectivity index (χ4n) is 0.731. The van der Waals surface area contributed by atoms with Crippen molar-refractivity contribution >= 4 is 23.5 Å². The maximum absolute atomic E-state index is 11.1. The summed E-state index contributed by atoms with van der Waals surface area (Å²) in [6.45, 7) is 3.63. The first kappa shape index (κ1) is 12.2. The van der Waals surface area contributed by atoms with Gasteiger partial charge in [-0.2, -0.15) is 0 Å². The summed E-state index contributed by atoms with van der Waals surface area (Å²) in [4.78, 5) is 23.5. The molecule has 5 heteroatoms. The minimum Gasteiger partial charge on any atom is -0.464 e. The van der Waals surface area contributed by atoms with Crippen LogP contribution in [0.5, 0.6) is 0 Å². The monoisotopic (exact) mass is 207 g/mol. The molecule has 0 saturated heterocycles. The summed E-state index contributed by atoms with van der Waals surface area (Å²) < 4.78 is 4.74. The molecule has 4 nitrogen and oxygen atoms in total. The Morgan fingerprint density at radius 2 is 2.08 bits per heavy atom. The highest BCUT2D eigenvalue weighted by Gasteiger charge is 2.22. The standard InChI is InChI=1S/C8H14ClNO3/c1-4-13-8(12)6(2)10(3)7(11)5-9/h6H,4-5H2,1-3H3/t6-/m0/s1. The third-order valence-corrected chi connectivity index (χ3v) is 1.94. The number of hydrogen-bond acceptors (Lipinski definition) is 3. The Hall–Kier alpha value is -0.770. The van der Waals surface area contributed by atoms with Crippen LogP contribution in [0, 0.1) is 0 Å². The van der Waals surface area contributed by atoms with Gasteiger partial charge in [-0.25, -0.2) is 4.79 Å². The molecule has 0 spiro atoms. The number of rotatable bonds is 4. The van der Waals surface area contributed by atoms with E-state index in [2.05, 4.69) is 0 Å². The number of carbonyl (C=O) groups is 2. The Labute approximate surface area is 82.8 Å². The topological polar surface area (TPSA) is 46.6 Å². The molecule has 0 aromatic carbocycles. The average Bonchev–Trinajstić information content (AvgIpc) is 2.14. The van der Waals surface area contributed by atoms with Crippen LogP contribution in [0.3, 0.4) is 0 Å². The highest BCUT2D eigenvalue weighted by molar-refractivity contribution is 6.27. The molecule has 0 heterocycles. The summed E-state index contributed by atoms with van der Waals surface area (Å²) in [5.41, 5.74) is 0. The predicted octanol–water partition coefficient (Wildman–Crippen LogP) is 0.635. The number of ether oxygens (including phenoxy) is 1. The molecule has 76 valence electrons. The first-order valence-corrected chi connectivity index (χ1v) is 4.56. The fourth-order valence-corrected chi connectivity index (χ4v) is 0.920. The Morgan fingerprint density at radius 3 is 2.46 bits per heavy atom. The highest BCUT2D eigenvalue weighted by atomic mass is 35.5. The molecule has 13 heavy (non-hydrogen) atoms. The zero-order valence-electron chi connectivity index (χ0n) is 8.04. The van der Waals surface area contributed by atoms with E-state index in [9.17, 15) is 9.59 Å². The minimum absolute atomic E-state index is 0.125. The number of hydrogen-bond donors (Lipinski definition) is 0. The van der Waals surface area contributed by atoms with Crippen molar-refractivity contribution < 1.29 is 14.3 Å². The van der Waals surface area contributed by atoms with E-state index in [1.807, 2.05) is 0 Å². The second-order valence-electron chi connectivity index (χ2n) is 2.57. The van der Waals surface area contributed by atoms with Gasteiger partial charge in [0.15, 0.2) is 0 Å². The number of nitrogens with zero attached hydrogens (tertiary/aromatic N) is 1. The second kappa shape index (κ2) is 5.80. The Balaban J connectivity index is 4.16. The normalized spacial score (nSPS) is 12.0. The van der Waals surface area contributed by atoms with Gasteiger partial charge in [-0.3, -0.25) is 4.79 Å². The average molecular weight is 208 g/mol. The lowest BCUT2D eigenvalue weighted by Gasteiger charge is -2.22. The van der Waals surface area contributed by atoms with Gasteiger partial charge in [0.2, 0.25) is 5.91 Å². The molecule has 0 N–H and O–H groups in total. The van der Waals surface area contributed by atoms with Crippen molar-refractivity contribution in [3.05, 3.63) is 0 Å². The van der Waals surface area contributed by atoms with E-state index in [0.29, 0.717) is 6.61 Å². The summed E-state index contributed by atoms with van der Waals surface area (Å²) in [5, 5.41) is 0. The molecule has 0 aliphatic rings. The first-order valence-electron chi connectivity index (χ1n) is 4.02. The van der Waals surface area contributed by atoms with Crippen molar-refractivity contribution in [1.82, 2.24) is 4.90 Å². The van der Waals surface area contributed by atoms with Gasteiger partial charge in [-0.15, -0.1) is 11.6 Å². The molecule has 0 radical (unpaired) electrons. The van der Waals surface area contributed by atoms with Crippen LogP contribution in [0.4, 0.5) is 0 Å². The SMILES string of the molecule is CCOC(=O)[C@H](C)N(C)C(=O)CCl. The molecule has 1 amide bonds. The van der Waals surface area contributed by atoms with Crippen molar-refractivity contribution in [2.24, 2.45) is 0 Å². The van der Waals surface area contributed by atoms with Gasteiger partial charge in [0.25, 0.3) is 0 Å². The van der Waals surface area contributed by atoms with E-state index in [-0.39, 0.29) is 11.8 Å². The van der Waals surface area contributed by atoms with Crippen molar-refractivity contribution in [1.29, 1.82) is 0 Å². The molecule has 0 aromatic rings. The zero-order valence-corrected chi connectivity index (χ0v) is 8.80. The highest BCUT2D eigenvalue weighted by Crippen LogP contribution is 2.00. The van der Waals surface area contributed by atoms with Crippen molar-refractivity contribution in [3.8, 4) is 0 Å². The van der Waals surface area contributed by atoms with E-state index in [0.717, 1.165) is 0 Å². The Bertz CT molecular complexity index is 196. The quantitative estimate of drug-likeness (QED) is 0.502. The van der Waals surface area contributed by atoms with Crippen LogP contribution in [-0.4, -0.2) is 42.4 Å². The zero-order chi connectivity index (χ0) is 10.4.